The Kier molecular flexibility index (Phi) is 5.94. The quantitative estimate of drug-likeness (QED) is 0.597. The molecule has 0 unspecified atom stereocenters. The Morgan fingerprint density at radius 1 is 1.15 bits per heavy atom. The summed E-state index contributed by atoms with van der Waals surface area (Å²) in [6, 6.07) is 6.12. The van der Waals surface area contributed by atoms with Crippen LogP contribution in [0.15, 0.2) is 30.3 Å². The van der Waals surface area contributed by atoms with E-state index in [-0.39, 0.29) is 35.1 Å². The lowest BCUT2D eigenvalue weighted by Gasteiger charge is -2.12. The number of nitro groups is 1. The highest BCUT2D eigenvalue weighted by Gasteiger charge is 2.25. The lowest BCUT2D eigenvalue weighted by atomic mass is 10.1. The monoisotopic (exact) mass is 364 g/mol. The van der Waals surface area contributed by atoms with Gasteiger partial charge in [0, 0.05) is 17.8 Å². The third-order valence-corrected chi connectivity index (χ3v) is 3.43. The fourth-order valence-corrected chi connectivity index (χ4v) is 2.25. The molecule has 0 heterocycles. The van der Waals surface area contributed by atoms with E-state index in [9.17, 15) is 19.3 Å². The molecule has 0 spiro atoms. The van der Waals surface area contributed by atoms with E-state index in [1.54, 1.807) is 6.92 Å². The molecule has 0 saturated carbocycles. The minimum absolute atomic E-state index is 0.0108. The molecule has 0 saturated heterocycles. The molecule has 0 aliphatic heterocycles. The molecule has 0 radical (unpaired) electrons. The van der Waals surface area contributed by atoms with Crippen LogP contribution in [0.3, 0.4) is 0 Å². The van der Waals surface area contributed by atoms with Gasteiger partial charge in [0.05, 0.1) is 31.8 Å². The van der Waals surface area contributed by atoms with Crippen LogP contribution in [0.5, 0.6) is 17.2 Å². The number of carbonyl (C=O) groups is 1. The molecule has 26 heavy (non-hydrogen) atoms. The Labute approximate surface area is 148 Å². The Hall–Kier alpha value is -3.36. The summed E-state index contributed by atoms with van der Waals surface area (Å²) >= 11 is 0. The number of rotatable bonds is 7. The summed E-state index contributed by atoms with van der Waals surface area (Å²) in [7, 11) is 2.66. The molecule has 0 aliphatic carbocycles. The van der Waals surface area contributed by atoms with Crippen molar-refractivity contribution in [2.45, 2.75) is 6.92 Å². The molecular formula is C17H17FN2O6. The molecule has 0 aliphatic rings. The van der Waals surface area contributed by atoms with Crippen LogP contribution >= 0.6 is 0 Å². The number of anilines is 1. The molecule has 0 fully saturated rings. The second-order valence-electron chi connectivity index (χ2n) is 5.01. The van der Waals surface area contributed by atoms with E-state index in [0.717, 1.165) is 12.1 Å². The smallest absolute Gasteiger partial charge is 0.286 e. The average Bonchev–Trinajstić information content (AvgIpc) is 2.61. The highest BCUT2D eigenvalue weighted by atomic mass is 19.1. The number of hydrogen-bond acceptors (Lipinski definition) is 6. The van der Waals surface area contributed by atoms with Gasteiger partial charge >= 0.3 is 0 Å². The first-order valence-corrected chi connectivity index (χ1v) is 7.55. The van der Waals surface area contributed by atoms with Crippen molar-refractivity contribution in [3.63, 3.8) is 0 Å². The van der Waals surface area contributed by atoms with Crippen molar-refractivity contribution in [3.05, 3.63) is 51.8 Å². The SMILES string of the molecule is CCOc1cc([N+](=O)[O-])c(C(=O)Nc2ccc(OC)c(F)c2)cc1OC. The van der Waals surface area contributed by atoms with Gasteiger partial charge in [0.2, 0.25) is 0 Å². The van der Waals surface area contributed by atoms with Gasteiger partial charge in [0.15, 0.2) is 23.1 Å². The zero-order valence-electron chi connectivity index (χ0n) is 14.4. The Bertz CT molecular complexity index is 840. The first kappa shape index (κ1) is 19.0. The molecule has 9 heteroatoms. The van der Waals surface area contributed by atoms with Gasteiger partial charge in [-0.15, -0.1) is 0 Å². The van der Waals surface area contributed by atoms with Crippen LogP contribution in [0.4, 0.5) is 15.8 Å². The van der Waals surface area contributed by atoms with Gasteiger partial charge in [-0.05, 0) is 19.1 Å². The molecule has 1 amide bonds. The predicted molar refractivity (Wildman–Crippen MR) is 91.7 cm³/mol. The van der Waals surface area contributed by atoms with Crippen LogP contribution in [-0.2, 0) is 0 Å². The Morgan fingerprint density at radius 3 is 2.38 bits per heavy atom. The second kappa shape index (κ2) is 8.15. The maximum absolute atomic E-state index is 13.7. The summed E-state index contributed by atoms with van der Waals surface area (Å²) < 4.78 is 29.0. The van der Waals surface area contributed by atoms with E-state index in [2.05, 4.69) is 5.32 Å². The molecule has 0 aromatic heterocycles. The molecule has 0 atom stereocenters. The van der Waals surface area contributed by atoms with Crippen molar-refractivity contribution >= 4 is 17.3 Å². The van der Waals surface area contributed by atoms with Gasteiger partial charge in [0.25, 0.3) is 11.6 Å². The highest BCUT2D eigenvalue weighted by molar-refractivity contribution is 6.07. The number of methoxy groups -OCH3 is 2. The van der Waals surface area contributed by atoms with E-state index in [4.69, 9.17) is 14.2 Å². The van der Waals surface area contributed by atoms with Gasteiger partial charge in [-0.2, -0.15) is 0 Å². The molecule has 0 bridgehead atoms. The van der Waals surface area contributed by atoms with E-state index in [1.165, 1.54) is 32.4 Å². The Balaban J connectivity index is 2.40. The largest absolute Gasteiger partial charge is 0.494 e. The van der Waals surface area contributed by atoms with Crippen LogP contribution in [0.25, 0.3) is 0 Å². The number of nitrogens with zero attached hydrogens (tertiary/aromatic N) is 1. The summed E-state index contributed by atoms with van der Waals surface area (Å²) in [5.41, 5.74) is -0.581. The maximum Gasteiger partial charge on any atom is 0.286 e. The van der Waals surface area contributed by atoms with Gasteiger partial charge in [0.1, 0.15) is 5.56 Å². The van der Waals surface area contributed by atoms with E-state index in [0.29, 0.717) is 0 Å². The van der Waals surface area contributed by atoms with Crippen LogP contribution < -0.4 is 19.5 Å². The van der Waals surface area contributed by atoms with Crippen molar-refractivity contribution in [3.8, 4) is 17.2 Å². The number of ether oxygens (including phenoxy) is 3. The van der Waals surface area contributed by atoms with E-state index in [1.807, 2.05) is 0 Å². The van der Waals surface area contributed by atoms with Crippen molar-refractivity contribution in [1.82, 2.24) is 0 Å². The topological polar surface area (TPSA) is 99.9 Å². The number of benzene rings is 2. The predicted octanol–water partition coefficient (Wildman–Crippen LogP) is 3.40. The fourth-order valence-electron chi connectivity index (χ4n) is 2.25. The van der Waals surface area contributed by atoms with Crippen LogP contribution in [0, 0.1) is 15.9 Å². The van der Waals surface area contributed by atoms with Crippen molar-refractivity contribution < 1.29 is 28.3 Å². The Morgan fingerprint density at radius 2 is 1.85 bits per heavy atom. The van der Waals surface area contributed by atoms with E-state index < -0.39 is 22.3 Å². The molecule has 8 nitrogen and oxygen atoms in total. The maximum atomic E-state index is 13.7. The summed E-state index contributed by atoms with van der Waals surface area (Å²) in [6.45, 7) is 1.98. The van der Waals surface area contributed by atoms with Gasteiger partial charge in [-0.1, -0.05) is 0 Å². The third-order valence-electron chi connectivity index (χ3n) is 3.43. The number of nitro benzene ring substituents is 1. The molecule has 2 aromatic rings. The fraction of sp³-hybridized carbons (Fsp3) is 0.235. The highest BCUT2D eigenvalue weighted by Crippen LogP contribution is 2.35. The first-order valence-electron chi connectivity index (χ1n) is 7.55. The van der Waals surface area contributed by atoms with Gasteiger partial charge < -0.3 is 19.5 Å². The molecule has 138 valence electrons. The average molecular weight is 364 g/mol. The lowest BCUT2D eigenvalue weighted by molar-refractivity contribution is -0.385. The second-order valence-corrected chi connectivity index (χ2v) is 5.01. The number of nitrogens with one attached hydrogen (secondary N) is 1. The summed E-state index contributed by atoms with van der Waals surface area (Å²) in [4.78, 5) is 23.1. The molecular weight excluding hydrogens is 347 g/mol. The van der Waals surface area contributed by atoms with Crippen molar-refractivity contribution in [2.75, 3.05) is 26.1 Å². The standard InChI is InChI=1S/C17H17FN2O6/c1-4-26-16-9-13(20(22)23)11(8-15(16)25-3)17(21)19-10-5-6-14(24-2)12(18)7-10/h5-9H,4H2,1-3H3,(H,19,21). The van der Waals surface area contributed by atoms with Crippen LogP contribution in [0.2, 0.25) is 0 Å². The number of amides is 1. The van der Waals surface area contributed by atoms with Crippen LogP contribution in [0.1, 0.15) is 17.3 Å². The van der Waals surface area contributed by atoms with Crippen molar-refractivity contribution in [1.29, 1.82) is 0 Å². The molecule has 2 aromatic carbocycles. The lowest BCUT2D eigenvalue weighted by Crippen LogP contribution is -2.15. The normalized spacial score (nSPS) is 10.2. The number of hydrogen-bond donors (Lipinski definition) is 1. The summed E-state index contributed by atoms with van der Waals surface area (Å²) in [6.07, 6.45) is 0. The molecule has 2 rings (SSSR count). The number of carbonyl (C=O) groups excluding carboxylic acids is 1. The zero-order valence-corrected chi connectivity index (χ0v) is 14.4. The third kappa shape index (κ3) is 4.00. The van der Waals surface area contributed by atoms with Gasteiger partial charge in [-0.25, -0.2) is 4.39 Å². The first-order chi connectivity index (χ1) is 12.4. The zero-order chi connectivity index (χ0) is 19.3. The van der Waals surface area contributed by atoms with Gasteiger partial charge in [-0.3, -0.25) is 14.9 Å². The minimum atomic E-state index is -0.789. The number of halogens is 1. The summed E-state index contributed by atoms with van der Waals surface area (Å²) in [5, 5.41) is 13.7. The van der Waals surface area contributed by atoms with Crippen LogP contribution in [-0.4, -0.2) is 31.7 Å². The van der Waals surface area contributed by atoms with E-state index >= 15 is 0 Å². The summed E-state index contributed by atoms with van der Waals surface area (Å²) in [5.74, 6) is -1.14. The minimum Gasteiger partial charge on any atom is -0.494 e. The van der Waals surface area contributed by atoms with Crippen molar-refractivity contribution in [2.24, 2.45) is 0 Å². The molecule has 1 N–H and O–H groups in total.